The van der Waals surface area contributed by atoms with Gasteiger partial charge in [-0.1, -0.05) is 52.2 Å². The number of benzene rings is 1. The number of aromatic hydroxyl groups is 1. The number of nitrogens with one attached hydrogen (secondary N) is 1. The highest BCUT2D eigenvalue weighted by Crippen LogP contribution is 2.22. The molecule has 0 aliphatic heterocycles. The van der Waals surface area contributed by atoms with Gasteiger partial charge in [-0.3, -0.25) is 4.79 Å². The van der Waals surface area contributed by atoms with Crippen LogP contribution in [0.1, 0.15) is 52.0 Å². The van der Waals surface area contributed by atoms with Crippen molar-refractivity contribution in [1.29, 1.82) is 0 Å². The molecule has 0 saturated heterocycles. The van der Waals surface area contributed by atoms with Gasteiger partial charge < -0.3 is 10.4 Å². The molecule has 0 heterocycles. The van der Waals surface area contributed by atoms with Crippen LogP contribution in [0.2, 0.25) is 0 Å². The fourth-order valence-corrected chi connectivity index (χ4v) is 2.19. The normalized spacial score (nSPS) is 11.3. The fourth-order valence-electron chi connectivity index (χ4n) is 2.19. The van der Waals surface area contributed by atoms with Crippen molar-refractivity contribution in [3.8, 4) is 5.75 Å². The van der Waals surface area contributed by atoms with Crippen LogP contribution in [0.25, 0.3) is 0 Å². The van der Waals surface area contributed by atoms with Crippen molar-refractivity contribution in [1.82, 2.24) is 5.32 Å². The van der Waals surface area contributed by atoms with E-state index >= 15 is 0 Å². The fraction of sp³-hybridized carbons (Fsp3) is 0.588. The van der Waals surface area contributed by atoms with Gasteiger partial charge in [-0.25, -0.2) is 0 Å². The Balaban J connectivity index is 2.35. The minimum Gasteiger partial charge on any atom is -0.508 e. The van der Waals surface area contributed by atoms with Crippen molar-refractivity contribution >= 4 is 5.91 Å². The quantitative estimate of drug-likeness (QED) is 0.712. The first kappa shape index (κ1) is 16.5. The maximum atomic E-state index is 11.9. The molecule has 0 aromatic heterocycles. The van der Waals surface area contributed by atoms with Crippen LogP contribution in [0.3, 0.4) is 0 Å². The van der Waals surface area contributed by atoms with E-state index in [-0.39, 0.29) is 17.1 Å². The van der Waals surface area contributed by atoms with Crippen LogP contribution in [0.15, 0.2) is 24.3 Å². The number of carbonyl (C=O) groups excluding carboxylic acids is 1. The largest absolute Gasteiger partial charge is 0.508 e. The SMILES string of the molecule is CCCCCC(C)(C)CNC(=O)Cc1cccc(O)c1. The van der Waals surface area contributed by atoms with Gasteiger partial charge in [0.05, 0.1) is 6.42 Å². The van der Waals surface area contributed by atoms with Gasteiger partial charge in [-0.15, -0.1) is 0 Å². The number of amides is 1. The zero-order valence-electron chi connectivity index (χ0n) is 12.9. The summed E-state index contributed by atoms with van der Waals surface area (Å²) < 4.78 is 0. The zero-order chi connectivity index (χ0) is 15.0. The molecule has 0 spiro atoms. The van der Waals surface area contributed by atoms with E-state index in [0.29, 0.717) is 13.0 Å². The summed E-state index contributed by atoms with van der Waals surface area (Å²) in [6.45, 7) is 7.28. The van der Waals surface area contributed by atoms with E-state index in [1.807, 2.05) is 6.07 Å². The van der Waals surface area contributed by atoms with Crippen molar-refractivity contribution in [2.24, 2.45) is 5.41 Å². The summed E-state index contributed by atoms with van der Waals surface area (Å²) in [7, 11) is 0. The Bertz CT molecular complexity index is 427. The maximum Gasteiger partial charge on any atom is 0.224 e. The minimum absolute atomic E-state index is 0.0131. The molecule has 0 bridgehead atoms. The number of phenolic OH excluding ortho intramolecular Hbond substituents is 1. The van der Waals surface area contributed by atoms with E-state index in [9.17, 15) is 9.90 Å². The summed E-state index contributed by atoms with van der Waals surface area (Å²) in [6.07, 6.45) is 5.14. The molecule has 0 saturated carbocycles. The number of unbranched alkanes of at least 4 members (excludes halogenated alkanes) is 2. The summed E-state index contributed by atoms with van der Waals surface area (Å²) >= 11 is 0. The van der Waals surface area contributed by atoms with Crippen molar-refractivity contribution in [3.63, 3.8) is 0 Å². The van der Waals surface area contributed by atoms with Crippen LogP contribution >= 0.6 is 0 Å². The molecule has 112 valence electrons. The van der Waals surface area contributed by atoms with Gasteiger partial charge in [-0.2, -0.15) is 0 Å². The average Bonchev–Trinajstić information content (AvgIpc) is 2.37. The van der Waals surface area contributed by atoms with Crippen LogP contribution < -0.4 is 5.32 Å². The highest BCUT2D eigenvalue weighted by atomic mass is 16.3. The standard InChI is InChI=1S/C17H27NO2/c1-4-5-6-10-17(2,3)13-18-16(20)12-14-8-7-9-15(19)11-14/h7-9,11,19H,4-6,10,12-13H2,1-3H3,(H,18,20). The number of carbonyl (C=O) groups is 1. The molecule has 1 rings (SSSR count). The Labute approximate surface area is 122 Å². The highest BCUT2D eigenvalue weighted by Gasteiger charge is 2.18. The first-order chi connectivity index (χ1) is 9.43. The summed E-state index contributed by atoms with van der Waals surface area (Å²) in [5, 5.41) is 12.4. The third kappa shape index (κ3) is 6.60. The number of hydrogen-bond acceptors (Lipinski definition) is 2. The van der Waals surface area contributed by atoms with Crippen LogP contribution in [-0.2, 0) is 11.2 Å². The highest BCUT2D eigenvalue weighted by molar-refractivity contribution is 5.78. The smallest absolute Gasteiger partial charge is 0.224 e. The molecule has 1 aromatic rings. The first-order valence-electron chi connectivity index (χ1n) is 7.47. The number of hydrogen-bond donors (Lipinski definition) is 2. The molecule has 1 amide bonds. The van der Waals surface area contributed by atoms with Crippen molar-refractivity contribution in [2.45, 2.75) is 52.9 Å². The van der Waals surface area contributed by atoms with Crippen molar-refractivity contribution in [2.75, 3.05) is 6.54 Å². The summed E-state index contributed by atoms with van der Waals surface area (Å²) in [6, 6.07) is 6.85. The maximum absolute atomic E-state index is 11.9. The predicted molar refractivity (Wildman–Crippen MR) is 82.7 cm³/mol. The molecule has 0 fully saturated rings. The third-order valence-corrected chi connectivity index (χ3v) is 3.50. The lowest BCUT2D eigenvalue weighted by Crippen LogP contribution is -2.34. The van der Waals surface area contributed by atoms with Crippen LogP contribution in [0.5, 0.6) is 5.75 Å². The molecule has 0 radical (unpaired) electrons. The summed E-state index contributed by atoms with van der Waals surface area (Å²) in [5.41, 5.74) is 0.982. The molecule has 1 aromatic carbocycles. The van der Waals surface area contributed by atoms with Crippen molar-refractivity contribution < 1.29 is 9.90 Å². The van der Waals surface area contributed by atoms with E-state index in [4.69, 9.17) is 0 Å². The molecule has 0 aliphatic rings. The lowest BCUT2D eigenvalue weighted by atomic mass is 9.87. The molecular formula is C17H27NO2. The molecule has 2 N–H and O–H groups in total. The first-order valence-corrected chi connectivity index (χ1v) is 7.47. The van der Waals surface area contributed by atoms with Gasteiger partial charge in [0.25, 0.3) is 0 Å². The Hall–Kier alpha value is -1.51. The molecule has 3 nitrogen and oxygen atoms in total. The molecule has 3 heteroatoms. The average molecular weight is 277 g/mol. The monoisotopic (exact) mass is 277 g/mol. The second-order valence-corrected chi connectivity index (χ2v) is 6.24. The predicted octanol–water partition coefficient (Wildman–Crippen LogP) is 3.66. The Kier molecular flexibility index (Phi) is 6.56. The second-order valence-electron chi connectivity index (χ2n) is 6.24. The van der Waals surface area contributed by atoms with E-state index < -0.39 is 0 Å². The third-order valence-electron chi connectivity index (χ3n) is 3.50. The summed E-state index contributed by atoms with van der Waals surface area (Å²) in [4.78, 5) is 11.9. The molecular weight excluding hydrogens is 250 g/mol. The van der Waals surface area contributed by atoms with Crippen LogP contribution in [0, 0.1) is 5.41 Å². The Morgan fingerprint density at radius 2 is 2.05 bits per heavy atom. The van der Waals surface area contributed by atoms with Gasteiger partial charge in [0.2, 0.25) is 5.91 Å². The number of rotatable bonds is 8. The van der Waals surface area contributed by atoms with Crippen LogP contribution in [-0.4, -0.2) is 17.6 Å². The lowest BCUT2D eigenvalue weighted by molar-refractivity contribution is -0.120. The number of phenols is 1. The molecule has 0 aliphatic carbocycles. The van der Waals surface area contributed by atoms with Gasteiger partial charge in [0.1, 0.15) is 5.75 Å². The zero-order valence-corrected chi connectivity index (χ0v) is 12.9. The van der Waals surface area contributed by atoms with Gasteiger partial charge in [0, 0.05) is 6.54 Å². The van der Waals surface area contributed by atoms with E-state index in [2.05, 4.69) is 26.1 Å². The topological polar surface area (TPSA) is 49.3 Å². The Morgan fingerprint density at radius 3 is 2.70 bits per heavy atom. The van der Waals surface area contributed by atoms with E-state index in [0.717, 1.165) is 12.0 Å². The second kappa shape index (κ2) is 7.93. The van der Waals surface area contributed by atoms with E-state index in [1.54, 1.807) is 18.2 Å². The van der Waals surface area contributed by atoms with Gasteiger partial charge >= 0.3 is 0 Å². The Morgan fingerprint density at radius 1 is 1.30 bits per heavy atom. The van der Waals surface area contributed by atoms with Gasteiger partial charge in [-0.05, 0) is 29.5 Å². The minimum atomic E-state index is 0.0131. The van der Waals surface area contributed by atoms with Gasteiger partial charge in [0.15, 0.2) is 0 Å². The van der Waals surface area contributed by atoms with Crippen LogP contribution in [0.4, 0.5) is 0 Å². The lowest BCUT2D eigenvalue weighted by Gasteiger charge is -2.25. The van der Waals surface area contributed by atoms with E-state index in [1.165, 1.54) is 19.3 Å². The molecule has 0 unspecified atom stereocenters. The molecule has 20 heavy (non-hydrogen) atoms. The molecule has 0 atom stereocenters. The van der Waals surface area contributed by atoms with Crippen molar-refractivity contribution in [3.05, 3.63) is 29.8 Å². The summed E-state index contributed by atoms with van der Waals surface area (Å²) in [5.74, 6) is 0.217.